The lowest BCUT2D eigenvalue weighted by molar-refractivity contribution is 0.261. The van der Waals surface area contributed by atoms with Crippen LogP contribution >= 0.6 is 11.6 Å². The molecule has 6 heteroatoms. The highest BCUT2D eigenvalue weighted by Crippen LogP contribution is 2.35. The van der Waals surface area contributed by atoms with Gasteiger partial charge < -0.3 is 14.2 Å². The van der Waals surface area contributed by atoms with Crippen molar-refractivity contribution < 1.29 is 4.74 Å². The minimum Gasteiger partial charge on any atom is -0.492 e. The molecule has 2 aromatic heterocycles. The number of nitrogens with zero attached hydrogens (tertiary/aromatic N) is 4. The molecule has 2 heterocycles. The van der Waals surface area contributed by atoms with Gasteiger partial charge in [-0.2, -0.15) is 0 Å². The SMILES string of the molecule is CN(C)CCOc1ccc(-c2cn(-c3ccccc3)c3ncnc(Cl)c23)cc1. The quantitative estimate of drug-likeness (QED) is 0.447. The fourth-order valence-corrected chi connectivity index (χ4v) is 3.34. The van der Waals surface area contributed by atoms with E-state index in [1.54, 1.807) is 0 Å². The number of likely N-dealkylation sites (N-methyl/N-ethyl adjacent to an activating group) is 1. The summed E-state index contributed by atoms with van der Waals surface area (Å²) in [6.45, 7) is 1.53. The Morgan fingerprint density at radius 1 is 1.00 bits per heavy atom. The van der Waals surface area contributed by atoms with Gasteiger partial charge in [0.1, 0.15) is 29.5 Å². The molecule has 0 aliphatic heterocycles. The Hall–Kier alpha value is -2.89. The van der Waals surface area contributed by atoms with Crippen molar-refractivity contribution in [3.63, 3.8) is 0 Å². The first-order chi connectivity index (χ1) is 13.6. The van der Waals surface area contributed by atoms with E-state index in [4.69, 9.17) is 16.3 Å². The largest absolute Gasteiger partial charge is 0.492 e. The predicted molar refractivity (Wildman–Crippen MR) is 113 cm³/mol. The van der Waals surface area contributed by atoms with Crippen molar-refractivity contribution in [1.82, 2.24) is 19.4 Å². The molecule has 4 aromatic rings. The summed E-state index contributed by atoms with van der Waals surface area (Å²) in [5.41, 5.74) is 3.84. The van der Waals surface area contributed by atoms with Gasteiger partial charge in [-0.25, -0.2) is 9.97 Å². The molecule has 28 heavy (non-hydrogen) atoms. The Bertz CT molecular complexity index is 1080. The van der Waals surface area contributed by atoms with Gasteiger partial charge in [-0.05, 0) is 43.9 Å². The summed E-state index contributed by atoms with van der Waals surface area (Å²) in [6.07, 6.45) is 3.55. The van der Waals surface area contributed by atoms with Crippen molar-refractivity contribution in [1.29, 1.82) is 0 Å². The maximum atomic E-state index is 6.45. The maximum absolute atomic E-state index is 6.45. The molecule has 2 aromatic carbocycles. The molecule has 0 unspecified atom stereocenters. The normalized spacial score (nSPS) is 11.3. The van der Waals surface area contributed by atoms with Gasteiger partial charge in [-0.1, -0.05) is 41.9 Å². The maximum Gasteiger partial charge on any atom is 0.150 e. The molecule has 0 atom stereocenters. The zero-order chi connectivity index (χ0) is 19.5. The van der Waals surface area contributed by atoms with Crippen LogP contribution in [0.2, 0.25) is 5.15 Å². The van der Waals surface area contributed by atoms with Crippen LogP contribution in [0.3, 0.4) is 0 Å². The lowest BCUT2D eigenvalue weighted by Gasteiger charge is -2.11. The Balaban J connectivity index is 1.73. The molecular formula is C22H21ClN4O. The van der Waals surface area contributed by atoms with Crippen LogP contribution in [0, 0.1) is 0 Å². The molecule has 0 saturated heterocycles. The summed E-state index contributed by atoms with van der Waals surface area (Å²) in [5, 5.41) is 1.29. The highest BCUT2D eigenvalue weighted by atomic mass is 35.5. The van der Waals surface area contributed by atoms with Crippen LogP contribution in [-0.2, 0) is 0 Å². The number of hydrogen-bond acceptors (Lipinski definition) is 4. The number of hydrogen-bond donors (Lipinski definition) is 0. The fraction of sp³-hybridized carbons (Fsp3) is 0.182. The van der Waals surface area contributed by atoms with Crippen molar-refractivity contribution in [2.75, 3.05) is 27.2 Å². The molecule has 0 saturated carbocycles. The second-order valence-electron chi connectivity index (χ2n) is 6.79. The van der Waals surface area contributed by atoms with Crippen LogP contribution in [0.15, 0.2) is 67.1 Å². The van der Waals surface area contributed by atoms with Crippen LogP contribution in [-0.4, -0.2) is 46.7 Å². The highest BCUT2D eigenvalue weighted by molar-refractivity contribution is 6.35. The van der Waals surface area contributed by atoms with E-state index in [0.717, 1.165) is 40.1 Å². The van der Waals surface area contributed by atoms with Gasteiger partial charge in [-0.3, -0.25) is 0 Å². The molecule has 0 aliphatic carbocycles. The summed E-state index contributed by atoms with van der Waals surface area (Å²) in [5.74, 6) is 0.847. The zero-order valence-corrected chi connectivity index (χ0v) is 16.6. The molecule has 0 N–H and O–H groups in total. The molecule has 4 rings (SSSR count). The van der Waals surface area contributed by atoms with Crippen LogP contribution < -0.4 is 4.74 Å². The lowest BCUT2D eigenvalue weighted by Crippen LogP contribution is -2.19. The van der Waals surface area contributed by atoms with Crippen LogP contribution in [0.25, 0.3) is 27.8 Å². The molecule has 0 bridgehead atoms. The molecule has 0 fully saturated rings. The van der Waals surface area contributed by atoms with Crippen molar-refractivity contribution in [2.24, 2.45) is 0 Å². The third kappa shape index (κ3) is 3.72. The van der Waals surface area contributed by atoms with Crippen molar-refractivity contribution >= 4 is 22.6 Å². The van der Waals surface area contributed by atoms with Crippen molar-refractivity contribution in [2.45, 2.75) is 0 Å². The molecule has 142 valence electrons. The Morgan fingerprint density at radius 2 is 1.75 bits per heavy atom. The highest BCUT2D eigenvalue weighted by Gasteiger charge is 2.16. The number of aromatic nitrogens is 3. The van der Waals surface area contributed by atoms with Gasteiger partial charge in [0.2, 0.25) is 0 Å². The number of fused-ring (bicyclic) bond motifs is 1. The average Bonchev–Trinajstić information content (AvgIpc) is 3.10. The molecule has 0 amide bonds. The van der Waals surface area contributed by atoms with E-state index in [1.807, 2.05) is 73.3 Å². The van der Waals surface area contributed by atoms with Crippen LogP contribution in [0.1, 0.15) is 0 Å². The first-order valence-electron chi connectivity index (χ1n) is 9.08. The van der Waals surface area contributed by atoms with Crippen LogP contribution in [0.4, 0.5) is 0 Å². The Morgan fingerprint density at radius 3 is 2.46 bits per heavy atom. The minimum atomic E-state index is 0.445. The smallest absolute Gasteiger partial charge is 0.150 e. The van der Waals surface area contributed by atoms with E-state index in [2.05, 4.69) is 21.1 Å². The predicted octanol–water partition coefficient (Wildman–Crippen LogP) is 4.68. The second-order valence-corrected chi connectivity index (χ2v) is 7.15. The van der Waals surface area contributed by atoms with Crippen molar-refractivity contribution in [3.8, 4) is 22.6 Å². The monoisotopic (exact) mass is 392 g/mol. The molecule has 5 nitrogen and oxygen atoms in total. The minimum absolute atomic E-state index is 0.445. The number of rotatable bonds is 6. The van der Waals surface area contributed by atoms with E-state index in [-0.39, 0.29) is 0 Å². The first-order valence-corrected chi connectivity index (χ1v) is 9.46. The van der Waals surface area contributed by atoms with Gasteiger partial charge in [0.25, 0.3) is 0 Å². The number of benzene rings is 2. The molecule has 0 spiro atoms. The van der Waals surface area contributed by atoms with Gasteiger partial charge in [0, 0.05) is 24.0 Å². The number of para-hydroxylation sites is 1. The molecule has 0 radical (unpaired) electrons. The van der Waals surface area contributed by atoms with E-state index in [0.29, 0.717) is 11.8 Å². The summed E-state index contributed by atoms with van der Waals surface area (Å²) in [7, 11) is 4.06. The van der Waals surface area contributed by atoms with Crippen molar-refractivity contribution in [3.05, 3.63) is 72.3 Å². The Kier molecular flexibility index (Phi) is 5.28. The summed E-state index contributed by atoms with van der Waals surface area (Å²) < 4.78 is 7.84. The van der Waals surface area contributed by atoms with Gasteiger partial charge in [-0.15, -0.1) is 0 Å². The van der Waals surface area contributed by atoms with E-state index in [1.165, 1.54) is 6.33 Å². The molecule has 0 aliphatic rings. The first kappa shape index (κ1) is 18.5. The number of halogens is 1. The average molecular weight is 393 g/mol. The topological polar surface area (TPSA) is 43.2 Å². The second kappa shape index (κ2) is 8.00. The van der Waals surface area contributed by atoms with Gasteiger partial charge >= 0.3 is 0 Å². The Labute approximate surface area is 169 Å². The standard InChI is InChI=1S/C22H21ClN4O/c1-26(2)12-13-28-18-10-8-16(9-11-18)19-14-27(17-6-4-3-5-7-17)22-20(19)21(23)24-15-25-22/h3-11,14-15H,12-13H2,1-2H3. The number of ether oxygens (including phenoxy) is 1. The fourth-order valence-electron chi connectivity index (χ4n) is 3.11. The van der Waals surface area contributed by atoms with E-state index < -0.39 is 0 Å². The van der Waals surface area contributed by atoms with Crippen LogP contribution in [0.5, 0.6) is 5.75 Å². The van der Waals surface area contributed by atoms with E-state index in [9.17, 15) is 0 Å². The van der Waals surface area contributed by atoms with E-state index >= 15 is 0 Å². The van der Waals surface area contributed by atoms with Gasteiger partial charge in [0.05, 0.1) is 5.39 Å². The molecular weight excluding hydrogens is 372 g/mol. The third-order valence-corrected chi connectivity index (χ3v) is 4.83. The summed E-state index contributed by atoms with van der Waals surface area (Å²) in [4.78, 5) is 10.8. The van der Waals surface area contributed by atoms with Gasteiger partial charge in [0.15, 0.2) is 0 Å². The third-order valence-electron chi connectivity index (χ3n) is 4.54. The summed E-state index contributed by atoms with van der Waals surface area (Å²) >= 11 is 6.45. The summed E-state index contributed by atoms with van der Waals surface area (Å²) in [6, 6.07) is 18.1. The zero-order valence-electron chi connectivity index (χ0n) is 15.8. The lowest BCUT2D eigenvalue weighted by atomic mass is 10.1.